The van der Waals surface area contributed by atoms with Gasteiger partial charge in [-0.3, -0.25) is 9.11 Å². The summed E-state index contributed by atoms with van der Waals surface area (Å²) in [6.45, 7) is 0. The fourth-order valence-electron chi connectivity index (χ4n) is 0.544. The minimum atomic E-state index is -4.67. The first kappa shape index (κ1) is 14.7. The Morgan fingerprint density at radius 2 is 1.06 bits per heavy atom. The highest BCUT2D eigenvalue weighted by molar-refractivity contribution is 7.79. The summed E-state index contributed by atoms with van der Waals surface area (Å²) < 4.78 is 91.6. The van der Waals surface area contributed by atoms with Crippen molar-refractivity contribution in [3.8, 4) is 0 Å². The van der Waals surface area contributed by atoms with Gasteiger partial charge in [-0.2, -0.15) is 8.42 Å². The van der Waals surface area contributed by atoms with Crippen LogP contribution >= 0.6 is 0 Å². The Bertz CT molecular complexity index is 452. The second-order valence-electron chi connectivity index (χ2n) is 2.23. The van der Waals surface area contributed by atoms with Gasteiger partial charge in [-0.1, -0.05) is 0 Å². The van der Waals surface area contributed by atoms with E-state index in [4.69, 9.17) is 17.5 Å². The molecular formula is C6H3F5O4S. The lowest BCUT2D eigenvalue weighted by atomic mass is 10.3. The normalized spacial score (nSPS) is 10.7. The summed E-state index contributed by atoms with van der Waals surface area (Å²) in [5.74, 6) is -9.65. The largest absolute Gasteiger partial charge is 0.394 e. The fraction of sp³-hybridized carbons (Fsp3) is 0. The van der Waals surface area contributed by atoms with Gasteiger partial charge in [-0.05, 0) is 0 Å². The first-order valence-electron chi connectivity index (χ1n) is 3.22. The van der Waals surface area contributed by atoms with Crippen molar-refractivity contribution in [1.82, 2.24) is 0 Å². The number of halogens is 5. The van der Waals surface area contributed by atoms with Crippen molar-refractivity contribution < 1.29 is 39.5 Å². The SMILES string of the molecule is Fc1cc(F)c(F)c(F)c1F.O=S(=O)(O)O. The van der Waals surface area contributed by atoms with E-state index >= 15 is 0 Å². The molecule has 0 amide bonds. The van der Waals surface area contributed by atoms with Crippen molar-refractivity contribution in [2.75, 3.05) is 0 Å². The van der Waals surface area contributed by atoms with Crippen molar-refractivity contribution in [2.24, 2.45) is 0 Å². The molecule has 10 heteroatoms. The van der Waals surface area contributed by atoms with Crippen molar-refractivity contribution in [3.63, 3.8) is 0 Å². The van der Waals surface area contributed by atoms with Crippen LogP contribution in [0, 0.1) is 29.1 Å². The van der Waals surface area contributed by atoms with E-state index in [9.17, 15) is 22.0 Å². The van der Waals surface area contributed by atoms with Gasteiger partial charge in [-0.15, -0.1) is 0 Å². The summed E-state index contributed by atoms with van der Waals surface area (Å²) in [5, 5.41) is 0. The molecule has 0 aliphatic rings. The Morgan fingerprint density at radius 1 is 0.812 bits per heavy atom. The van der Waals surface area contributed by atoms with Gasteiger partial charge in [0.25, 0.3) is 0 Å². The molecule has 16 heavy (non-hydrogen) atoms. The van der Waals surface area contributed by atoms with E-state index in [1.54, 1.807) is 0 Å². The van der Waals surface area contributed by atoms with E-state index in [-0.39, 0.29) is 6.07 Å². The Labute approximate surface area is 85.9 Å². The second-order valence-corrected chi connectivity index (χ2v) is 3.13. The average molecular weight is 266 g/mol. The molecule has 1 rings (SSSR count). The molecule has 0 fully saturated rings. The van der Waals surface area contributed by atoms with Gasteiger partial charge in [0.15, 0.2) is 23.3 Å². The first-order valence-corrected chi connectivity index (χ1v) is 4.62. The van der Waals surface area contributed by atoms with Crippen LogP contribution in [0.5, 0.6) is 0 Å². The van der Waals surface area contributed by atoms with Crippen molar-refractivity contribution in [3.05, 3.63) is 35.2 Å². The lowest BCUT2D eigenvalue weighted by Gasteiger charge is -1.96. The predicted octanol–water partition coefficient (Wildman–Crippen LogP) is 1.73. The van der Waals surface area contributed by atoms with Crippen LogP contribution in [0.1, 0.15) is 0 Å². The standard InChI is InChI=1S/C6HF5.H2O4S/c7-2-1-3(8)5(10)6(11)4(2)9;1-5(2,3)4/h1H;(H2,1,2,3,4). The topological polar surface area (TPSA) is 74.6 Å². The maximum Gasteiger partial charge on any atom is 0.394 e. The minimum absolute atomic E-state index is 0.0618. The quantitative estimate of drug-likeness (QED) is 0.324. The van der Waals surface area contributed by atoms with E-state index in [1.807, 2.05) is 0 Å². The molecule has 0 spiro atoms. The predicted molar refractivity (Wildman–Crippen MR) is 40.4 cm³/mol. The van der Waals surface area contributed by atoms with E-state index in [1.165, 1.54) is 0 Å². The molecule has 0 aliphatic heterocycles. The molecule has 92 valence electrons. The molecule has 0 heterocycles. The monoisotopic (exact) mass is 266 g/mol. The van der Waals surface area contributed by atoms with Crippen LogP contribution in [0.3, 0.4) is 0 Å². The van der Waals surface area contributed by atoms with Crippen LogP contribution in [0.15, 0.2) is 6.07 Å². The van der Waals surface area contributed by atoms with Gasteiger partial charge in [0, 0.05) is 6.07 Å². The molecule has 4 nitrogen and oxygen atoms in total. The highest BCUT2D eigenvalue weighted by Crippen LogP contribution is 2.16. The lowest BCUT2D eigenvalue weighted by molar-refractivity contribution is 0.378. The number of hydrogen-bond donors (Lipinski definition) is 2. The molecule has 1 aromatic rings. The van der Waals surface area contributed by atoms with E-state index in [0.717, 1.165) is 0 Å². The first-order chi connectivity index (χ1) is 7.04. The summed E-state index contributed by atoms with van der Waals surface area (Å²) in [5.41, 5.74) is 0. The smallest absolute Gasteiger partial charge is 0.264 e. The molecule has 2 N–H and O–H groups in total. The lowest BCUT2D eigenvalue weighted by Crippen LogP contribution is -1.98. The highest BCUT2D eigenvalue weighted by atomic mass is 32.3. The molecule has 0 radical (unpaired) electrons. The van der Waals surface area contributed by atoms with Crippen LogP contribution in [0.4, 0.5) is 22.0 Å². The highest BCUT2D eigenvalue weighted by Gasteiger charge is 2.18. The Hall–Kier alpha value is -1.26. The van der Waals surface area contributed by atoms with E-state index in [0.29, 0.717) is 0 Å². The third kappa shape index (κ3) is 5.00. The Morgan fingerprint density at radius 3 is 1.31 bits per heavy atom. The molecule has 0 saturated heterocycles. The Balaban J connectivity index is 0.000000385. The van der Waals surface area contributed by atoms with Gasteiger partial charge in [0.2, 0.25) is 5.82 Å². The van der Waals surface area contributed by atoms with Gasteiger partial charge < -0.3 is 0 Å². The number of hydrogen-bond acceptors (Lipinski definition) is 2. The zero-order valence-corrected chi connectivity index (χ0v) is 7.90. The molecule has 0 aromatic heterocycles. The zero-order chi connectivity index (χ0) is 13.1. The third-order valence-electron chi connectivity index (χ3n) is 1.06. The van der Waals surface area contributed by atoms with Gasteiger partial charge in [-0.25, -0.2) is 22.0 Å². The fourth-order valence-corrected chi connectivity index (χ4v) is 0.544. The van der Waals surface area contributed by atoms with Crippen LogP contribution in [0.2, 0.25) is 0 Å². The summed E-state index contributed by atoms with van der Waals surface area (Å²) >= 11 is 0. The molecule has 0 saturated carbocycles. The zero-order valence-electron chi connectivity index (χ0n) is 7.09. The second kappa shape index (κ2) is 5.18. The van der Waals surface area contributed by atoms with Gasteiger partial charge in [0.05, 0.1) is 0 Å². The maximum absolute atomic E-state index is 12.0. The third-order valence-corrected chi connectivity index (χ3v) is 1.06. The molecule has 0 aliphatic carbocycles. The van der Waals surface area contributed by atoms with Crippen LogP contribution in [-0.2, 0) is 10.4 Å². The van der Waals surface area contributed by atoms with Crippen LogP contribution < -0.4 is 0 Å². The van der Waals surface area contributed by atoms with E-state index < -0.39 is 39.5 Å². The molecule has 1 aromatic carbocycles. The van der Waals surface area contributed by atoms with Crippen molar-refractivity contribution in [2.45, 2.75) is 0 Å². The van der Waals surface area contributed by atoms with Crippen LogP contribution in [-0.4, -0.2) is 17.5 Å². The van der Waals surface area contributed by atoms with Gasteiger partial charge >= 0.3 is 10.4 Å². The number of rotatable bonds is 0. The van der Waals surface area contributed by atoms with Gasteiger partial charge in [0.1, 0.15) is 0 Å². The summed E-state index contributed by atoms with van der Waals surface area (Å²) in [4.78, 5) is 0. The average Bonchev–Trinajstić information content (AvgIpc) is 2.09. The van der Waals surface area contributed by atoms with Crippen molar-refractivity contribution in [1.29, 1.82) is 0 Å². The minimum Gasteiger partial charge on any atom is -0.264 e. The molecule has 0 unspecified atom stereocenters. The molecule has 0 atom stereocenters. The molecule has 0 bridgehead atoms. The van der Waals surface area contributed by atoms with Crippen LogP contribution in [0.25, 0.3) is 0 Å². The summed E-state index contributed by atoms with van der Waals surface area (Å²) in [6, 6.07) is -0.0618. The summed E-state index contributed by atoms with van der Waals surface area (Å²) in [6.07, 6.45) is 0. The van der Waals surface area contributed by atoms with E-state index in [2.05, 4.69) is 0 Å². The molecular weight excluding hydrogens is 263 g/mol. The Kier molecular flexibility index (Phi) is 4.78. The van der Waals surface area contributed by atoms with Crippen molar-refractivity contribution >= 4 is 10.4 Å². The number of benzene rings is 1. The summed E-state index contributed by atoms with van der Waals surface area (Å²) in [7, 11) is -4.67. The maximum atomic E-state index is 12.0.